The molecule has 0 radical (unpaired) electrons. The van der Waals surface area contributed by atoms with E-state index in [4.69, 9.17) is 4.99 Å². The van der Waals surface area contributed by atoms with Gasteiger partial charge in [0.15, 0.2) is 0 Å². The SMILES string of the molecule is Br.CC(C)(C)c1ccc(CN2C3=NCCCN3c3ccccc32)cc1. The number of hydrogen-bond donors (Lipinski definition) is 0. The predicted molar refractivity (Wildman–Crippen MR) is 112 cm³/mol. The van der Waals surface area contributed by atoms with E-state index < -0.39 is 0 Å². The molecular formula is C21H26BrN3. The molecule has 2 heterocycles. The molecule has 4 rings (SSSR count). The molecule has 3 nitrogen and oxygen atoms in total. The fourth-order valence-corrected chi connectivity index (χ4v) is 3.53. The van der Waals surface area contributed by atoms with Crippen molar-refractivity contribution < 1.29 is 0 Å². The third-order valence-corrected chi connectivity index (χ3v) is 4.90. The van der Waals surface area contributed by atoms with E-state index in [9.17, 15) is 0 Å². The normalized spacial score (nSPS) is 16.0. The quantitative estimate of drug-likeness (QED) is 0.695. The fraction of sp³-hybridized carbons (Fsp3) is 0.381. The summed E-state index contributed by atoms with van der Waals surface area (Å²) in [6.07, 6.45) is 1.13. The molecule has 0 saturated heterocycles. The maximum atomic E-state index is 4.81. The molecule has 2 aromatic carbocycles. The van der Waals surface area contributed by atoms with Crippen molar-refractivity contribution in [2.75, 3.05) is 22.9 Å². The van der Waals surface area contributed by atoms with Gasteiger partial charge in [-0.1, -0.05) is 57.2 Å². The summed E-state index contributed by atoms with van der Waals surface area (Å²) in [4.78, 5) is 9.53. The Morgan fingerprint density at radius 3 is 2.32 bits per heavy atom. The lowest BCUT2D eigenvalue weighted by Crippen LogP contribution is -2.41. The Balaban J connectivity index is 0.00000182. The van der Waals surface area contributed by atoms with E-state index in [1.807, 2.05) is 0 Å². The molecule has 0 atom stereocenters. The summed E-state index contributed by atoms with van der Waals surface area (Å²) >= 11 is 0. The molecule has 4 heteroatoms. The molecular weight excluding hydrogens is 374 g/mol. The largest absolute Gasteiger partial charge is 0.310 e. The van der Waals surface area contributed by atoms with Gasteiger partial charge in [0.2, 0.25) is 5.96 Å². The number of fused-ring (bicyclic) bond motifs is 3. The minimum atomic E-state index is 0. The first-order chi connectivity index (χ1) is 11.5. The van der Waals surface area contributed by atoms with Crippen molar-refractivity contribution in [2.45, 2.75) is 39.2 Å². The summed E-state index contributed by atoms with van der Waals surface area (Å²) in [5, 5.41) is 0. The van der Waals surface area contributed by atoms with Crippen LogP contribution in [0, 0.1) is 0 Å². The molecule has 0 aliphatic carbocycles. The maximum absolute atomic E-state index is 4.81. The molecule has 132 valence electrons. The van der Waals surface area contributed by atoms with Crippen LogP contribution in [0.25, 0.3) is 0 Å². The Morgan fingerprint density at radius 1 is 0.960 bits per heavy atom. The fourth-order valence-electron chi connectivity index (χ4n) is 3.53. The summed E-state index contributed by atoms with van der Waals surface area (Å²) in [7, 11) is 0. The number of para-hydroxylation sites is 2. The lowest BCUT2D eigenvalue weighted by atomic mass is 9.87. The Labute approximate surface area is 161 Å². The van der Waals surface area contributed by atoms with E-state index in [0.717, 1.165) is 32.0 Å². The first kappa shape index (κ1) is 18.0. The van der Waals surface area contributed by atoms with Gasteiger partial charge in [0.1, 0.15) is 0 Å². The predicted octanol–water partition coefficient (Wildman–Crippen LogP) is 5.15. The monoisotopic (exact) mass is 399 g/mol. The number of anilines is 2. The Bertz CT molecular complexity index is 774. The summed E-state index contributed by atoms with van der Waals surface area (Å²) in [6, 6.07) is 17.7. The van der Waals surface area contributed by atoms with Crippen LogP contribution in [0.1, 0.15) is 38.3 Å². The van der Waals surface area contributed by atoms with E-state index in [1.165, 1.54) is 22.5 Å². The lowest BCUT2D eigenvalue weighted by molar-refractivity contribution is 0.590. The molecule has 2 aliphatic rings. The smallest absolute Gasteiger partial charge is 0.206 e. The van der Waals surface area contributed by atoms with Crippen LogP contribution in [-0.4, -0.2) is 19.0 Å². The summed E-state index contributed by atoms with van der Waals surface area (Å²) in [5.41, 5.74) is 5.47. The topological polar surface area (TPSA) is 18.8 Å². The van der Waals surface area contributed by atoms with Gasteiger partial charge in [-0.2, -0.15) is 0 Å². The van der Waals surface area contributed by atoms with E-state index in [2.05, 4.69) is 79.1 Å². The summed E-state index contributed by atoms with van der Waals surface area (Å²) in [5.74, 6) is 1.11. The number of guanidine groups is 1. The van der Waals surface area contributed by atoms with Gasteiger partial charge in [0.05, 0.1) is 17.9 Å². The molecule has 0 bridgehead atoms. The summed E-state index contributed by atoms with van der Waals surface area (Å²) < 4.78 is 0. The average molecular weight is 400 g/mol. The van der Waals surface area contributed by atoms with Gasteiger partial charge in [0.25, 0.3) is 0 Å². The molecule has 0 spiro atoms. The zero-order valence-electron chi connectivity index (χ0n) is 15.2. The first-order valence-electron chi connectivity index (χ1n) is 8.82. The molecule has 0 fully saturated rings. The molecule has 0 amide bonds. The second kappa shape index (κ2) is 6.83. The van der Waals surface area contributed by atoms with Crippen molar-refractivity contribution in [3.8, 4) is 0 Å². The number of aliphatic imine (C=N–C) groups is 1. The molecule has 0 N–H and O–H groups in total. The highest BCUT2D eigenvalue weighted by molar-refractivity contribution is 8.93. The Morgan fingerprint density at radius 2 is 1.64 bits per heavy atom. The van der Waals surface area contributed by atoms with Gasteiger partial charge in [0, 0.05) is 13.1 Å². The number of rotatable bonds is 2. The van der Waals surface area contributed by atoms with Crippen molar-refractivity contribution in [1.82, 2.24) is 0 Å². The van der Waals surface area contributed by atoms with Gasteiger partial charge < -0.3 is 9.80 Å². The minimum Gasteiger partial charge on any atom is -0.310 e. The number of benzene rings is 2. The van der Waals surface area contributed by atoms with Crippen molar-refractivity contribution in [3.05, 3.63) is 59.7 Å². The highest BCUT2D eigenvalue weighted by Gasteiger charge is 2.33. The van der Waals surface area contributed by atoms with Crippen LogP contribution in [0.5, 0.6) is 0 Å². The van der Waals surface area contributed by atoms with Crippen molar-refractivity contribution in [3.63, 3.8) is 0 Å². The standard InChI is InChI=1S/C21H25N3.BrH/c1-21(2,3)17-11-9-16(10-12-17)15-24-19-8-5-4-7-18(19)23-14-6-13-22-20(23)24;/h4-5,7-12H,6,13-15H2,1-3H3;1H. The highest BCUT2D eigenvalue weighted by atomic mass is 79.9. The van der Waals surface area contributed by atoms with Crippen molar-refractivity contribution in [1.29, 1.82) is 0 Å². The number of halogens is 1. The molecule has 2 aliphatic heterocycles. The molecule has 0 saturated carbocycles. The Hall–Kier alpha value is -1.81. The van der Waals surface area contributed by atoms with Gasteiger partial charge >= 0.3 is 0 Å². The molecule has 0 unspecified atom stereocenters. The zero-order valence-corrected chi connectivity index (χ0v) is 16.9. The van der Waals surface area contributed by atoms with Crippen LogP contribution in [0.2, 0.25) is 0 Å². The third-order valence-electron chi connectivity index (χ3n) is 4.90. The molecule has 2 aromatic rings. The van der Waals surface area contributed by atoms with Crippen LogP contribution in [0.3, 0.4) is 0 Å². The van der Waals surface area contributed by atoms with Crippen LogP contribution in [0.4, 0.5) is 11.4 Å². The van der Waals surface area contributed by atoms with Gasteiger partial charge in [-0.15, -0.1) is 17.0 Å². The maximum Gasteiger partial charge on any atom is 0.206 e. The van der Waals surface area contributed by atoms with E-state index in [-0.39, 0.29) is 22.4 Å². The van der Waals surface area contributed by atoms with Gasteiger partial charge in [-0.05, 0) is 35.1 Å². The summed E-state index contributed by atoms with van der Waals surface area (Å²) in [6.45, 7) is 9.64. The van der Waals surface area contributed by atoms with Crippen LogP contribution >= 0.6 is 17.0 Å². The van der Waals surface area contributed by atoms with Gasteiger partial charge in [-0.3, -0.25) is 4.99 Å². The van der Waals surface area contributed by atoms with Crippen molar-refractivity contribution >= 4 is 34.3 Å². The molecule has 25 heavy (non-hydrogen) atoms. The number of hydrogen-bond acceptors (Lipinski definition) is 3. The van der Waals surface area contributed by atoms with Crippen molar-refractivity contribution in [2.24, 2.45) is 4.99 Å². The average Bonchev–Trinajstić information content (AvgIpc) is 2.89. The second-order valence-corrected chi connectivity index (χ2v) is 7.71. The van der Waals surface area contributed by atoms with E-state index in [0.29, 0.717) is 0 Å². The lowest BCUT2D eigenvalue weighted by Gasteiger charge is -2.27. The van der Waals surface area contributed by atoms with E-state index >= 15 is 0 Å². The third kappa shape index (κ3) is 3.32. The first-order valence-corrected chi connectivity index (χ1v) is 8.82. The second-order valence-electron chi connectivity index (χ2n) is 7.71. The van der Waals surface area contributed by atoms with Crippen LogP contribution in [0.15, 0.2) is 53.5 Å². The molecule has 0 aromatic heterocycles. The number of nitrogens with zero attached hydrogens (tertiary/aromatic N) is 3. The van der Waals surface area contributed by atoms with Crippen LogP contribution < -0.4 is 9.80 Å². The minimum absolute atomic E-state index is 0. The van der Waals surface area contributed by atoms with E-state index in [1.54, 1.807) is 0 Å². The van der Waals surface area contributed by atoms with Gasteiger partial charge in [-0.25, -0.2) is 0 Å². The zero-order chi connectivity index (χ0) is 16.7. The highest BCUT2D eigenvalue weighted by Crippen LogP contribution is 2.39. The Kier molecular flexibility index (Phi) is 4.92. The van der Waals surface area contributed by atoms with Crippen LogP contribution in [-0.2, 0) is 12.0 Å².